The second-order valence-corrected chi connectivity index (χ2v) is 6.93. The molecule has 1 aromatic heterocycles. The lowest BCUT2D eigenvalue weighted by molar-refractivity contribution is 0.348. The first-order valence-electron chi connectivity index (χ1n) is 9.36. The van der Waals surface area contributed by atoms with Crippen molar-refractivity contribution in [2.45, 2.75) is 26.3 Å². The molecule has 0 atom stereocenters. The van der Waals surface area contributed by atoms with Crippen LogP contribution in [0.3, 0.4) is 0 Å². The number of allylic oxidation sites excluding steroid dienone is 1. The number of pyridine rings is 1. The summed E-state index contributed by atoms with van der Waals surface area (Å²) >= 11 is 0. The van der Waals surface area contributed by atoms with Crippen LogP contribution >= 0.6 is 0 Å². The first-order chi connectivity index (χ1) is 13.5. The summed E-state index contributed by atoms with van der Waals surface area (Å²) in [5.41, 5.74) is 9.16. The molecular weight excluding hydrogens is 350 g/mol. The molecule has 0 saturated heterocycles. The van der Waals surface area contributed by atoms with Gasteiger partial charge in [-0.25, -0.2) is 0 Å². The minimum Gasteiger partial charge on any atom is -0.487 e. The predicted molar refractivity (Wildman–Crippen MR) is 113 cm³/mol. The molecule has 0 unspecified atom stereocenters. The van der Waals surface area contributed by atoms with E-state index in [1.54, 1.807) is 23.9 Å². The lowest BCUT2D eigenvalue weighted by Crippen LogP contribution is -2.22. The van der Waals surface area contributed by atoms with Crippen LogP contribution in [0.5, 0.6) is 5.75 Å². The summed E-state index contributed by atoms with van der Waals surface area (Å²) in [5.74, 6) is 7.56. The van der Waals surface area contributed by atoms with Gasteiger partial charge in [-0.15, -0.1) is 0 Å². The number of nitrogens with zero attached hydrogens (tertiary/aromatic N) is 2. The fourth-order valence-corrected chi connectivity index (χ4v) is 2.66. The number of hydrogen-bond donors (Lipinski definition) is 1. The van der Waals surface area contributed by atoms with Gasteiger partial charge in [-0.1, -0.05) is 24.0 Å². The molecule has 1 aromatic carbocycles. The smallest absolute Gasteiger partial charge is 0.254 e. The highest BCUT2D eigenvalue weighted by Gasteiger charge is 2.17. The van der Waals surface area contributed by atoms with Crippen molar-refractivity contribution in [1.82, 2.24) is 4.57 Å². The number of aromatic nitrogens is 1. The highest BCUT2D eigenvalue weighted by molar-refractivity contribution is 5.71. The zero-order chi connectivity index (χ0) is 19.9. The third-order valence-corrected chi connectivity index (χ3v) is 4.44. The normalized spacial score (nSPS) is 14.0. The Labute approximate surface area is 165 Å². The van der Waals surface area contributed by atoms with Crippen molar-refractivity contribution >= 4 is 6.21 Å². The van der Waals surface area contributed by atoms with Crippen LogP contribution in [-0.2, 0) is 6.54 Å². The van der Waals surface area contributed by atoms with Crippen molar-refractivity contribution in [2.75, 3.05) is 13.7 Å². The van der Waals surface area contributed by atoms with Crippen molar-refractivity contribution in [3.8, 4) is 17.6 Å². The molecule has 0 aliphatic heterocycles. The predicted octanol–water partition coefficient (Wildman–Crippen LogP) is 2.89. The molecular formula is C23H25N3O2. The molecule has 1 saturated carbocycles. The summed E-state index contributed by atoms with van der Waals surface area (Å²) < 4.78 is 7.34. The molecule has 5 heteroatoms. The zero-order valence-electron chi connectivity index (χ0n) is 16.3. The van der Waals surface area contributed by atoms with E-state index in [2.05, 4.69) is 16.8 Å². The standard InChI is InChI=1S/C23H25N3O2/c1-17-13-22(28-16-21(24)11-12-25-2)14-23(27)26(17)15-20-9-7-19(8-10-20)6-5-18-3-4-18/h7-14,18H,3-4,15-16,24H2,1-2H3. The summed E-state index contributed by atoms with van der Waals surface area (Å²) in [6.45, 7) is 2.61. The molecule has 5 nitrogen and oxygen atoms in total. The van der Waals surface area contributed by atoms with E-state index in [-0.39, 0.29) is 12.2 Å². The molecule has 28 heavy (non-hydrogen) atoms. The second kappa shape index (κ2) is 9.09. The monoisotopic (exact) mass is 375 g/mol. The summed E-state index contributed by atoms with van der Waals surface area (Å²) in [6, 6.07) is 11.4. The maximum absolute atomic E-state index is 12.5. The molecule has 2 N–H and O–H groups in total. The lowest BCUT2D eigenvalue weighted by atomic mass is 10.1. The molecule has 0 bridgehead atoms. The summed E-state index contributed by atoms with van der Waals surface area (Å²) in [5, 5.41) is 0. The van der Waals surface area contributed by atoms with Crippen LogP contribution in [0.1, 0.15) is 29.7 Å². The molecule has 1 aliphatic rings. The molecule has 0 amide bonds. The van der Waals surface area contributed by atoms with Crippen molar-refractivity contribution in [1.29, 1.82) is 0 Å². The minimum atomic E-state index is -0.106. The van der Waals surface area contributed by atoms with Gasteiger partial charge >= 0.3 is 0 Å². The van der Waals surface area contributed by atoms with Crippen LogP contribution in [0.2, 0.25) is 0 Å². The molecule has 0 radical (unpaired) electrons. The second-order valence-electron chi connectivity index (χ2n) is 6.93. The van der Waals surface area contributed by atoms with E-state index in [0.29, 0.717) is 23.9 Å². The quantitative estimate of drug-likeness (QED) is 0.623. The number of ether oxygens (including phenoxy) is 1. The van der Waals surface area contributed by atoms with E-state index in [4.69, 9.17) is 10.5 Å². The first kappa shape index (κ1) is 19.5. The van der Waals surface area contributed by atoms with E-state index >= 15 is 0 Å². The third kappa shape index (κ3) is 5.62. The van der Waals surface area contributed by atoms with E-state index in [1.165, 1.54) is 18.9 Å². The van der Waals surface area contributed by atoms with Gasteiger partial charge in [-0.05, 0) is 49.6 Å². The largest absolute Gasteiger partial charge is 0.487 e. The minimum absolute atomic E-state index is 0.106. The number of aryl methyl sites for hydroxylation is 1. The van der Waals surface area contributed by atoms with Crippen LogP contribution < -0.4 is 16.0 Å². The fourth-order valence-electron chi connectivity index (χ4n) is 2.66. The topological polar surface area (TPSA) is 69.6 Å². The number of aliphatic imine (C=N–C) groups is 1. The van der Waals surface area contributed by atoms with Gasteiger partial charge in [0.2, 0.25) is 0 Å². The van der Waals surface area contributed by atoms with Gasteiger partial charge < -0.3 is 15.0 Å². The van der Waals surface area contributed by atoms with Gasteiger partial charge in [0.15, 0.2) is 0 Å². The van der Waals surface area contributed by atoms with Crippen molar-refractivity contribution in [2.24, 2.45) is 16.6 Å². The van der Waals surface area contributed by atoms with Gasteiger partial charge in [-0.3, -0.25) is 9.79 Å². The third-order valence-electron chi connectivity index (χ3n) is 4.44. The molecule has 0 spiro atoms. The molecule has 1 heterocycles. The number of benzene rings is 1. The maximum atomic E-state index is 12.5. The molecule has 3 rings (SSSR count). The Morgan fingerprint density at radius 1 is 1.32 bits per heavy atom. The Hall–Kier alpha value is -3.26. The zero-order valence-corrected chi connectivity index (χ0v) is 16.3. The Morgan fingerprint density at radius 3 is 2.71 bits per heavy atom. The Bertz CT molecular complexity index is 1000. The Morgan fingerprint density at radius 2 is 2.07 bits per heavy atom. The summed E-state index contributed by atoms with van der Waals surface area (Å²) in [4.78, 5) is 16.4. The van der Waals surface area contributed by atoms with Crippen LogP contribution in [0.25, 0.3) is 0 Å². The first-order valence-corrected chi connectivity index (χ1v) is 9.36. The van der Waals surface area contributed by atoms with E-state index < -0.39 is 0 Å². The Kier molecular flexibility index (Phi) is 6.33. The number of hydrogen-bond acceptors (Lipinski definition) is 4. The highest BCUT2D eigenvalue weighted by Crippen LogP contribution is 2.27. The average Bonchev–Trinajstić information content (AvgIpc) is 3.51. The average molecular weight is 375 g/mol. The molecule has 2 aromatic rings. The lowest BCUT2D eigenvalue weighted by Gasteiger charge is -2.13. The van der Waals surface area contributed by atoms with Crippen molar-refractivity contribution in [3.63, 3.8) is 0 Å². The number of nitrogens with two attached hydrogens (primary N) is 1. The SMILES string of the molecule is CN=CC=C(N)COc1cc(C)n(Cc2ccc(C#CC3CC3)cc2)c(=O)c1. The summed E-state index contributed by atoms with van der Waals surface area (Å²) in [6.07, 6.45) is 5.73. The summed E-state index contributed by atoms with van der Waals surface area (Å²) in [7, 11) is 1.67. The van der Waals surface area contributed by atoms with Crippen LogP contribution in [-0.4, -0.2) is 24.4 Å². The van der Waals surface area contributed by atoms with Gasteiger partial charge in [0.1, 0.15) is 12.4 Å². The van der Waals surface area contributed by atoms with Crippen LogP contribution in [0.4, 0.5) is 0 Å². The van der Waals surface area contributed by atoms with E-state index in [9.17, 15) is 4.79 Å². The molecule has 1 aliphatic carbocycles. The van der Waals surface area contributed by atoms with Crippen molar-refractivity contribution in [3.05, 3.63) is 75.3 Å². The maximum Gasteiger partial charge on any atom is 0.254 e. The molecule has 1 fully saturated rings. The molecule has 144 valence electrons. The van der Waals surface area contributed by atoms with E-state index in [1.807, 2.05) is 37.3 Å². The van der Waals surface area contributed by atoms with Crippen LogP contribution in [0.15, 0.2) is 58.0 Å². The van der Waals surface area contributed by atoms with Crippen LogP contribution in [0, 0.1) is 24.7 Å². The Balaban J connectivity index is 1.67. The van der Waals surface area contributed by atoms with Gasteiger partial charge in [0, 0.05) is 42.2 Å². The number of rotatable bonds is 6. The van der Waals surface area contributed by atoms with Gasteiger partial charge in [-0.2, -0.15) is 0 Å². The van der Waals surface area contributed by atoms with Gasteiger partial charge in [0.05, 0.1) is 6.54 Å². The fraction of sp³-hybridized carbons (Fsp3) is 0.304. The highest BCUT2D eigenvalue weighted by atomic mass is 16.5. The van der Waals surface area contributed by atoms with E-state index in [0.717, 1.165) is 16.8 Å². The van der Waals surface area contributed by atoms with Crippen molar-refractivity contribution < 1.29 is 4.74 Å². The van der Waals surface area contributed by atoms with Gasteiger partial charge in [0.25, 0.3) is 5.56 Å².